The summed E-state index contributed by atoms with van der Waals surface area (Å²) in [6, 6.07) is 11.1. The third-order valence-corrected chi connectivity index (χ3v) is 3.88. The molecule has 0 unspecified atom stereocenters. The first-order valence-corrected chi connectivity index (χ1v) is 7.82. The number of para-hydroxylation sites is 2. The van der Waals surface area contributed by atoms with E-state index in [-0.39, 0.29) is 23.6 Å². The number of hydrogen-bond acceptors (Lipinski definition) is 4. The lowest BCUT2D eigenvalue weighted by atomic mass is 10.1. The number of amides is 2. The molecule has 25 heavy (non-hydrogen) atoms. The molecule has 1 atom stereocenters. The Morgan fingerprint density at radius 2 is 1.88 bits per heavy atom. The van der Waals surface area contributed by atoms with Crippen molar-refractivity contribution in [3.05, 3.63) is 58.9 Å². The number of carbonyl (C=O) groups is 2. The van der Waals surface area contributed by atoms with E-state index in [9.17, 15) is 14.0 Å². The van der Waals surface area contributed by atoms with Crippen molar-refractivity contribution in [1.29, 1.82) is 0 Å². The van der Waals surface area contributed by atoms with Crippen molar-refractivity contribution in [1.82, 2.24) is 10.9 Å². The summed E-state index contributed by atoms with van der Waals surface area (Å²) in [5, 5.41) is 0.141. The molecule has 0 spiro atoms. The van der Waals surface area contributed by atoms with Gasteiger partial charge in [-0.15, -0.1) is 0 Å². The van der Waals surface area contributed by atoms with E-state index in [1.54, 1.807) is 24.3 Å². The normalized spacial score (nSPS) is 15.4. The van der Waals surface area contributed by atoms with Gasteiger partial charge in [0.05, 0.1) is 6.42 Å². The van der Waals surface area contributed by atoms with Crippen molar-refractivity contribution in [2.75, 3.05) is 6.61 Å². The number of nitrogens with one attached hydrogen (secondary N) is 2. The molecule has 1 aliphatic heterocycles. The van der Waals surface area contributed by atoms with Gasteiger partial charge in [0.2, 0.25) is 12.0 Å². The molecular weight excluding hydrogens is 351 g/mol. The predicted octanol–water partition coefficient (Wildman–Crippen LogP) is 2.01. The van der Waals surface area contributed by atoms with E-state index in [0.29, 0.717) is 11.5 Å². The van der Waals surface area contributed by atoms with Gasteiger partial charge in [0.1, 0.15) is 12.4 Å². The minimum atomic E-state index is -0.910. The summed E-state index contributed by atoms with van der Waals surface area (Å²) in [6.45, 7) is 0.0118. The molecule has 0 aliphatic carbocycles. The van der Waals surface area contributed by atoms with Crippen LogP contribution in [0.15, 0.2) is 42.5 Å². The van der Waals surface area contributed by atoms with Crippen molar-refractivity contribution in [2.45, 2.75) is 12.5 Å². The van der Waals surface area contributed by atoms with Gasteiger partial charge in [0, 0.05) is 10.6 Å². The molecule has 0 saturated carbocycles. The SMILES string of the molecule is O=C(Cc1c(F)cccc1Cl)NNC(=O)[C@H]1COc2ccccc2O1. The van der Waals surface area contributed by atoms with E-state index in [1.165, 1.54) is 18.2 Å². The topological polar surface area (TPSA) is 76.7 Å². The van der Waals surface area contributed by atoms with Crippen molar-refractivity contribution < 1.29 is 23.5 Å². The number of hydrazine groups is 1. The maximum atomic E-state index is 13.7. The minimum absolute atomic E-state index is 0.0118. The van der Waals surface area contributed by atoms with E-state index in [1.807, 2.05) is 0 Å². The quantitative estimate of drug-likeness (QED) is 0.817. The van der Waals surface area contributed by atoms with E-state index in [4.69, 9.17) is 21.1 Å². The highest BCUT2D eigenvalue weighted by Crippen LogP contribution is 2.30. The van der Waals surface area contributed by atoms with Crippen molar-refractivity contribution in [3.63, 3.8) is 0 Å². The maximum Gasteiger partial charge on any atom is 0.283 e. The van der Waals surface area contributed by atoms with Gasteiger partial charge >= 0.3 is 0 Å². The molecule has 1 heterocycles. The third-order valence-electron chi connectivity index (χ3n) is 3.53. The van der Waals surface area contributed by atoms with Gasteiger partial charge in [-0.2, -0.15) is 0 Å². The summed E-state index contributed by atoms with van der Waals surface area (Å²) in [6.07, 6.45) is -1.22. The Morgan fingerprint density at radius 1 is 1.12 bits per heavy atom. The number of benzene rings is 2. The summed E-state index contributed by atoms with van der Waals surface area (Å²) in [5.41, 5.74) is 4.50. The van der Waals surface area contributed by atoms with Crippen LogP contribution in [0.3, 0.4) is 0 Å². The molecule has 0 radical (unpaired) electrons. The van der Waals surface area contributed by atoms with Crippen LogP contribution in [-0.4, -0.2) is 24.5 Å². The Labute approximate surface area is 147 Å². The van der Waals surface area contributed by atoms with Crippen LogP contribution in [0, 0.1) is 5.82 Å². The molecule has 2 aromatic rings. The number of rotatable bonds is 3. The van der Waals surface area contributed by atoms with Crippen molar-refractivity contribution in [2.24, 2.45) is 0 Å². The van der Waals surface area contributed by atoms with Gasteiger partial charge < -0.3 is 9.47 Å². The molecule has 0 aromatic heterocycles. The van der Waals surface area contributed by atoms with E-state index < -0.39 is 23.7 Å². The number of fused-ring (bicyclic) bond motifs is 1. The van der Waals surface area contributed by atoms with Crippen LogP contribution in [0.25, 0.3) is 0 Å². The van der Waals surface area contributed by atoms with Crippen LogP contribution < -0.4 is 20.3 Å². The molecular formula is C17H14ClFN2O4. The highest BCUT2D eigenvalue weighted by Gasteiger charge is 2.27. The fourth-order valence-electron chi connectivity index (χ4n) is 2.27. The average Bonchev–Trinajstić information content (AvgIpc) is 2.62. The largest absolute Gasteiger partial charge is 0.485 e. The molecule has 2 amide bonds. The molecule has 1 aliphatic rings. The predicted molar refractivity (Wildman–Crippen MR) is 87.8 cm³/mol. The second-order valence-corrected chi connectivity index (χ2v) is 5.69. The molecule has 6 nitrogen and oxygen atoms in total. The molecule has 0 fully saturated rings. The first-order chi connectivity index (χ1) is 12.0. The summed E-state index contributed by atoms with van der Waals surface area (Å²) in [7, 11) is 0. The Hall–Kier alpha value is -2.80. The first-order valence-electron chi connectivity index (χ1n) is 7.44. The number of hydrogen-bond donors (Lipinski definition) is 2. The standard InChI is InChI=1S/C17H14ClFN2O4/c18-11-4-3-5-12(19)10(11)8-16(22)20-21-17(23)15-9-24-13-6-1-2-7-14(13)25-15/h1-7,15H,8-9H2,(H,20,22)(H,21,23)/t15-/m1/s1. The lowest BCUT2D eigenvalue weighted by Crippen LogP contribution is -2.51. The zero-order valence-electron chi connectivity index (χ0n) is 12.9. The molecule has 0 bridgehead atoms. The van der Waals surface area contributed by atoms with Crippen LogP contribution in [-0.2, 0) is 16.0 Å². The van der Waals surface area contributed by atoms with E-state index in [0.717, 1.165) is 0 Å². The van der Waals surface area contributed by atoms with Gasteiger partial charge in [-0.25, -0.2) is 4.39 Å². The Bertz CT molecular complexity index is 795. The number of halogens is 2. The minimum Gasteiger partial charge on any atom is -0.485 e. The average molecular weight is 365 g/mol. The highest BCUT2D eigenvalue weighted by molar-refractivity contribution is 6.31. The fraction of sp³-hybridized carbons (Fsp3) is 0.176. The number of carbonyl (C=O) groups excluding carboxylic acids is 2. The molecule has 8 heteroatoms. The van der Waals surface area contributed by atoms with Gasteiger partial charge in [-0.3, -0.25) is 20.4 Å². The van der Waals surface area contributed by atoms with Crippen molar-refractivity contribution in [3.8, 4) is 11.5 Å². The summed E-state index contributed by atoms with van der Waals surface area (Å²) < 4.78 is 24.6. The Balaban J connectivity index is 1.53. The summed E-state index contributed by atoms with van der Waals surface area (Å²) >= 11 is 5.86. The zero-order valence-corrected chi connectivity index (χ0v) is 13.7. The van der Waals surface area contributed by atoms with Crippen molar-refractivity contribution >= 4 is 23.4 Å². The second kappa shape index (κ2) is 7.40. The van der Waals surface area contributed by atoms with Crippen LogP contribution >= 0.6 is 11.6 Å². The van der Waals surface area contributed by atoms with Gasteiger partial charge in [-0.1, -0.05) is 29.8 Å². The van der Waals surface area contributed by atoms with Crippen LogP contribution in [0.2, 0.25) is 5.02 Å². The lowest BCUT2D eigenvalue weighted by molar-refractivity contribution is -0.134. The highest BCUT2D eigenvalue weighted by atomic mass is 35.5. The summed E-state index contributed by atoms with van der Waals surface area (Å²) in [4.78, 5) is 23.9. The molecule has 130 valence electrons. The zero-order chi connectivity index (χ0) is 17.8. The lowest BCUT2D eigenvalue weighted by Gasteiger charge is -2.25. The number of ether oxygens (including phenoxy) is 2. The van der Waals surface area contributed by atoms with E-state index in [2.05, 4.69) is 10.9 Å². The molecule has 2 N–H and O–H groups in total. The van der Waals surface area contributed by atoms with Gasteiger partial charge in [0.15, 0.2) is 11.5 Å². The van der Waals surface area contributed by atoms with Crippen LogP contribution in [0.4, 0.5) is 4.39 Å². The second-order valence-electron chi connectivity index (χ2n) is 5.28. The Morgan fingerprint density at radius 3 is 2.64 bits per heavy atom. The third kappa shape index (κ3) is 4.00. The van der Waals surface area contributed by atoms with Gasteiger partial charge in [-0.05, 0) is 24.3 Å². The first kappa shape index (κ1) is 17.0. The van der Waals surface area contributed by atoms with Crippen LogP contribution in [0.5, 0.6) is 11.5 Å². The molecule has 3 rings (SSSR count). The van der Waals surface area contributed by atoms with E-state index >= 15 is 0 Å². The molecule has 2 aromatic carbocycles. The monoisotopic (exact) mass is 364 g/mol. The van der Waals surface area contributed by atoms with Gasteiger partial charge in [0.25, 0.3) is 5.91 Å². The van der Waals surface area contributed by atoms with Crippen LogP contribution in [0.1, 0.15) is 5.56 Å². The Kier molecular flexibility index (Phi) is 5.04. The molecule has 0 saturated heterocycles. The maximum absolute atomic E-state index is 13.7. The fourth-order valence-corrected chi connectivity index (χ4v) is 2.50. The smallest absolute Gasteiger partial charge is 0.283 e. The summed E-state index contributed by atoms with van der Waals surface area (Å²) in [5.74, 6) is -0.794.